The van der Waals surface area contributed by atoms with Crippen molar-refractivity contribution in [3.63, 3.8) is 0 Å². The van der Waals surface area contributed by atoms with E-state index in [0.717, 1.165) is 43.4 Å². The van der Waals surface area contributed by atoms with Crippen molar-refractivity contribution >= 4 is 5.82 Å². The first-order valence-electron chi connectivity index (χ1n) is 8.39. The normalized spacial score (nSPS) is 11.4. The summed E-state index contributed by atoms with van der Waals surface area (Å²) in [6.07, 6.45) is 4.91. The Morgan fingerprint density at radius 3 is 2.52 bits per heavy atom. The standard InChI is InChI=1S/C17H32N4/c1-6-8-9-11-21(14(3)4)13-17-19-15(5)12-16(20-17)18-10-7-2/h12,14H,6-11,13H2,1-5H3,(H,18,19,20). The van der Waals surface area contributed by atoms with E-state index >= 15 is 0 Å². The third-order valence-electron chi connectivity index (χ3n) is 3.58. The summed E-state index contributed by atoms with van der Waals surface area (Å²) in [5.74, 6) is 1.88. The highest BCUT2D eigenvalue weighted by molar-refractivity contribution is 5.35. The number of unbranched alkanes of at least 4 members (excludes halogenated alkanes) is 2. The molecule has 1 aromatic rings. The van der Waals surface area contributed by atoms with Crippen LogP contribution in [0.3, 0.4) is 0 Å². The van der Waals surface area contributed by atoms with Crippen molar-refractivity contribution in [3.8, 4) is 0 Å². The van der Waals surface area contributed by atoms with Gasteiger partial charge in [0.05, 0.1) is 6.54 Å². The summed E-state index contributed by atoms with van der Waals surface area (Å²) < 4.78 is 0. The highest BCUT2D eigenvalue weighted by Gasteiger charge is 2.12. The van der Waals surface area contributed by atoms with E-state index in [-0.39, 0.29) is 0 Å². The molecule has 0 bridgehead atoms. The molecule has 0 aliphatic carbocycles. The summed E-state index contributed by atoms with van der Waals surface area (Å²) in [5.41, 5.74) is 1.04. The zero-order valence-electron chi connectivity index (χ0n) is 14.4. The molecule has 0 aromatic carbocycles. The summed E-state index contributed by atoms with van der Waals surface area (Å²) in [6, 6.07) is 2.55. The van der Waals surface area contributed by atoms with Crippen molar-refractivity contribution < 1.29 is 0 Å². The quantitative estimate of drug-likeness (QED) is 0.662. The average molecular weight is 292 g/mol. The van der Waals surface area contributed by atoms with E-state index in [1.54, 1.807) is 0 Å². The number of aromatic nitrogens is 2. The van der Waals surface area contributed by atoms with Crippen molar-refractivity contribution in [1.29, 1.82) is 0 Å². The second-order valence-corrected chi connectivity index (χ2v) is 6.01. The number of hydrogen-bond donors (Lipinski definition) is 1. The molecule has 0 fully saturated rings. The van der Waals surface area contributed by atoms with E-state index in [9.17, 15) is 0 Å². The van der Waals surface area contributed by atoms with Crippen LogP contribution in [0.5, 0.6) is 0 Å². The van der Waals surface area contributed by atoms with E-state index < -0.39 is 0 Å². The van der Waals surface area contributed by atoms with E-state index in [2.05, 4.69) is 47.9 Å². The fraction of sp³-hybridized carbons (Fsp3) is 0.765. The van der Waals surface area contributed by atoms with Gasteiger partial charge in [0.1, 0.15) is 11.6 Å². The molecule has 120 valence electrons. The van der Waals surface area contributed by atoms with Gasteiger partial charge in [-0.2, -0.15) is 0 Å². The van der Waals surface area contributed by atoms with Gasteiger partial charge in [-0.05, 0) is 40.2 Å². The van der Waals surface area contributed by atoms with E-state index in [1.165, 1.54) is 19.3 Å². The van der Waals surface area contributed by atoms with Gasteiger partial charge in [0, 0.05) is 24.3 Å². The van der Waals surface area contributed by atoms with E-state index in [0.29, 0.717) is 6.04 Å². The Balaban J connectivity index is 2.70. The van der Waals surface area contributed by atoms with Crippen LogP contribution in [0.1, 0.15) is 64.9 Å². The van der Waals surface area contributed by atoms with Gasteiger partial charge in [0.25, 0.3) is 0 Å². The van der Waals surface area contributed by atoms with Crippen LogP contribution >= 0.6 is 0 Å². The minimum absolute atomic E-state index is 0.526. The highest BCUT2D eigenvalue weighted by Crippen LogP contribution is 2.11. The number of rotatable bonds is 10. The first-order valence-corrected chi connectivity index (χ1v) is 8.39. The summed E-state index contributed by atoms with van der Waals surface area (Å²) >= 11 is 0. The Hall–Kier alpha value is -1.16. The van der Waals surface area contributed by atoms with Gasteiger partial charge in [0.15, 0.2) is 0 Å². The SMILES string of the molecule is CCCCCN(Cc1nc(C)cc(NCCC)n1)C(C)C. The van der Waals surface area contributed by atoms with Crippen LogP contribution in [0.15, 0.2) is 6.07 Å². The second kappa shape index (κ2) is 9.72. The molecule has 0 amide bonds. The first kappa shape index (κ1) is 17.9. The molecule has 21 heavy (non-hydrogen) atoms. The van der Waals surface area contributed by atoms with Crippen LogP contribution in [-0.2, 0) is 6.54 Å². The Morgan fingerprint density at radius 2 is 1.90 bits per heavy atom. The minimum Gasteiger partial charge on any atom is -0.370 e. The molecule has 1 N–H and O–H groups in total. The molecule has 0 saturated carbocycles. The van der Waals surface area contributed by atoms with Gasteiger partial charge in [-0.3, -0.25) is 4.90 Å². The summed E-state index contributed by atoms with van der Waals surface area (Å²) in [6.45, 7) is 13.9. The van der Waals surface area contributed by atoms with Crippen molar-refractivity contribution in [1.82, 2.24) is 14.9 Å². The van der Waals surface area contributed by atoms with Crippen molar-refractivity contribution in [2.45, 2.75) is 72.9 Å². The largest absolute Gasteiger partial charge is 0.370 e. The predicted octanol–water partition coefficient (Wildman–Crippen LogP) is 4.01. The van der Waals surface area contributed by atoms with Gasteiger partial charge in [-0.25, -0.2) is 9.97 Å². The number of aryl methyl sites for hydroxylation is 1. The molecule has 0 spiro atoms. The number of hydrogen-bond acceptors (Lipinski definition) is 4. The van der Waals surface area contributed by atoms with Gasteiger partial charge in [-0.15, -0.1) is 0 Å². The number of nitrogens with one attached hydrogen (secondary N) is 1. The van der Waals surface area contributed by atoms with Crippen molar-refractivity contribution in [2.75, 3.05) is 18.4 Å². The monoisotopic (exact) mass is 292 g/mol. The Labute approximate surface area is 130 Å². The van der Waals surface area contributed by atoms with E-state index in [1.807, 2.05) is 13.0 Å². The predicted molar refractivity (Wildman–Crippen MR) is 90.6 cm³/mol. The molecule has 4 heteroatoms. The Morgan fingerprint density at radius 1 is 1.14 bits per heavy atom. The lowest BCUT2D eigenvalue weighted by Crippen LogP contribution is -2.32. The lowest BCUT2D eigenvalue weighted by molar-refractivity contribution is 0.203. The van der Waals surface area contributed by atoms with Crippen LogP contribution in [0.2, 0.25) is 0 Å². The topological polar surface area (TPSA) is 41.1 Å². The molecule has 0 aliphatic rings. The molecule has 0 atom stereocenters. The van der Waals surface area contributed by atoms with E-state index in [4.69, 9.17) is 0 Å². The minimum atomic E-state index is 0.526. The number of nitrogens with zero attached hydrogens (tertiary/aromatic N) is 3. The first-order chi connectivity index (χ1) is 10.1. The smallest absolute Gasteiger partial charge is 0.144 e. The molecule has 0 aliphatic heterocycles. The Kier molecular flexibility index (Phi) is 8.28. The van der Waals surface area contributed by atoms with Gasteiger partial charge in [0.2, 0.25) is 0 Å². The fourth-order valence-corrected chi connectivity index (χ4v) is 2.31. The lowest BCUT2D eigenvalue weighted by atomic mass is 10.2. The molecule has 0 radical (unpaired) electrons. The maximum Gasteiger partial charge on any atom is 0.144 e. The number of anilines is 1. The molecule has 0 unspecified atom stereocenters. The molecular weight excluding hydrogens is 260 g/mol. The average Bonchev–Trinajstić information content (AvgIpc) is 2.43. The summed E-state index contributed by atoms with van der Waals surface area (Å²) in [5, 5.41) is 3.36. The molecule has 1 rings (SSSR count). The van der Waals surface area contributed by atoms with Gasteiger partial charge >= 0.3 is 0 Å². The zero-order valence-corrected chi connectivity index (χ0v) is 14.4. The lowest BCUT2D eigenvalue weighted by Gasteiger charge is -2.25. The van der Waals surface area contributed by atoms with Crippen LogP contribution in [0.4, 0.5) is 5.82 Å². The third-order valence-corrected chi connectivity index (χ3v) is 3.58. The third kappa shape index (κ3) is 6.89. The Bertz CT molecular complexity index is 404. The fourth-order valence-electron chi connectivity index (χ4n) is 2.31. The maximum atomic E-state index is 4.66. The van der Waals surface area contributed by atoms with Gasteiger partial charge in [-0.1, -0.05) is 26.7 Å². The maximum absolute atomic E-state index is 4.66. The second-order valence-electron chi connectivity index (χ2n) is 6.01. The summed E-state index contributed by atoms with van der Waals surface area (Å²) in [4.78, 5) is 11.7. The van der Waals surface area contributed by atoms with Gasteiger partial charge < -0.3 is 5.32 Å². The van der Waals surface area contributed by atoms with Crippen molar-refractivity contribution in [2.24, 2.45) is 0 Å². The van der Waals surface area contributed by atoms with Crippen LogP contribution < -0.4 is 5.32 Å². The molecule has 1 heterocycles. The molecule has 0 saturated heterocycles. The van der Waals surface area contributed by atoms with Crippen LogP contribution in [0.25, 0.3) is 0 Å². The van der Waals surface area contributed by atoms with Crippen LogP contribution in [-0.4, -0.2) is 34.0 Å². The molecule has 1 aromatic heterocycles. The summed E-state index contributed by atoms with van der Waals surface area (Å²) in [7, 11) is 0. The van der Waals surface area contributed by atoms with Crippen molar-refractivity contribution in [3.05, 3.63) is 17.6 Å². The molecular formula is C17H32N4. The molecule has 4 nitrogen and oxygen atoms in total. The highest BCUT2D eigenvalue weighted by atomic mass is 15.2. The van der Waals surface area contributed by atoms with Crippen LogP contribution in [0, 0.1) is 6.92 Å². The zero-order chi connectivity index (χ0) is 15.7.